The molecule has 4 nitrogen and oxygen atoms in total. The highest BCUT2D eigenvalue weighted by Gasteiger charge is 2.25. The fourth-order valence-corrected chi connectivity index (χ4v) is 3.26. The number of nitrogens with two attached hydrogens (primary N) is 1. The molecule has 0 atom stereocenters. The van der Waals surface area contributed by atoms with Crippen molar-refractivity contribution in [2.75, 3.05) is 20.1 Å². The first-order valence-electron chi connectivity index (χ1n) is 6.36. The van der Waals surface area contributed by atoms with Crippen LogP contribution in [0.2, 0.25) is 0 Å². The summed E-state index contributed by atoms with van der Waals surface area (Å²) in [5.41, 5.74) is 7.32. The second-order valence-electron chi connectivity index (χ2n) is 5.87. The molecule has 0 aliphatic rings. The van der Waals surface area contributed by atoms with Crippen molar-refractivity contribution in [2.24, 2.45) is 11.1 Å². The Morgan fingerprint density at radius 3 is 2.40 bits per heavy atom. The molecule has 0 aliphatic heterocycles. The van der Waals surface area contributed by atoms with Gasteiger partial charge >= 0.3 is 0 Å². The number of benzene rings is 1. The molecule has 0 saturated carbocycles. The van der Waals surface area contributed by atoms with Gasteiger partial charge in [-0.2, -0.15) is 0 Å². The lowest BCUT2D eigenvalue weighted by Gasteiger charge is -2.28. The first kappa shape index (κ1) is 19.4. The Bertz CT molecular complexity index is 530. The van der Waals surface area contributed by atoms with Crippen LogP contribution in [0.15, 0.2) is 24.3 Å². The lowest BCUT2D eigenvalue weighted by atomic mass is 9.94. The van der Waals surface area contributed by atoms with Crippen LogP contribution in [0.1, 0.15) is 25.0 Å². The van der Waals surface area contributed by atoms with Crippen LogP contribution in [-0.2, 0) is 15.8 Å². The number of hydrogen-bond acceptors (Lipinski definition) is 3. The predicted octanol–water partition coefficient (Wildman–Crippen LogP) is 2.16. The molecule has 0 spiro atoms. The maximum Gasteiger partial charge on any atom is 0.218 e. The van der Waals surface area contributed by atoms with Gasteiger partial charge in [0.15, 0.2) is 0 Å². The van der Waals surface area contributed by atoms with Crippen molar-refractivity contribution in [2.45, 2.75) is 26.5 Å². The molecular formula is C14H25ClN2O2S. The number of nitrogens with zero attached hydrogens (tertiary/aromatic N) is 1. The third kappa shape index (κ3) is 5.79. The fourth-order valence-electron chi connectivity index (χ4n) is 1.89. The van der Waals surface area contributed by atoms with E-state index >= 15 is 0 Å². The van der Waals surface area contributed by atoms with Gasteiger partial charge in [0.05, 0.1) is 5.75 Å². The van der Waals surface area contributed by atoms with Crippen molar-refractivity contribution in [1.82, 2.24) is 4.31 Å². The van der Waals surface area contributed by atoms with Gasteiger partial charge in [-0.25, -0.2) is 12.7 Å². The highest BCUT2D eigenvalue weighted by atomic mass is 35.5. The maximum atomic E-state index is 12.3. The molecule has 1 aromatic carbocycles. The number of hydrogen-bond donors (Lipinski definition) is 1. The molecule has 0 heterocycles. The Morgan fingerprint density at radius 1 is 1.30 bits per heavy atom. The van der Waals surface area contributed by atoms with Crippen LogP contribution in [0.4, 0.5) is 0 Å². The molecule has 20 heavy (non-hydrogen) atoms. The van der Waals surface area contributed by atoms with E-state index in [4.69, 9.17) is 5.73 Å². The van der Waals surface area contributed by atoms with Crippen LogP contribution in [0, 0.1) is 12.3 Å². The van der Waals surface area contributed by atoms with Gasteiger partial charge < -0.3 is 5.73 Å². The number of halogens is 1. The summed E-state index contributed by atoms with van der Waals surface area (Å²) >= 11 is 0. The van der Waals surface area contributed by atoms with Gasteiger partial charge in [-0.05, 0) is 24.4 Å². The van der Waals surface area contributed by atoms with Crippen molar-refractivity contribution in [3.05, 3.63) is 35.4 Å². The van der Waals surface area contributed by atoms with Crippen LogP contribution in [0.3, 0.4) is 0 Å². The van der Waals surface area contributed by atoms with Crippen LogP contribution >= 0.6 is 12.4 Å². The quantitative estimate of drug-likeness (QED) is 0.873. The van der Waals surface area contributed by atoms with Gasteiger partial charge in [-0.15, -0.1) is 12.4 Å². The van der Waals surface area contributed by atoms with E-state index in [-0.39, 0.29) is 23.6 Å². The molecule has 116 valence electrons. The molecule has 0 aliphatic carbocycles. The summed E-state index contributed by atoms with van der Waals surface area (Å²) in [5, 5.41) is 0. The van der Waals surface area contributed by atoms with Crippen molar-refractivity contribution >= 4 is 22.4 Å². The van der Waals surface area contributed by atoms with Gasteiger partial charge in [-0.1, -0.05) is 43.7 Å². The summed E-state index contributed by atoms with van der Waals surface area (Å²) in [6.45, 7) is 6.77. The SMILES string of the molecule is Cc1cccc(CS(=O)(=O)N(C)CC(C)(C)CN)c1.Cl. The van der Waals surface area contributed by atoms with E-state index < -0.39 is 10.0 Å². The summed E-state index contributed by atoms with van der Waals surface area (Å²) in [5.74, 6) is 0.0336. The fraction of sp³-hybridized carbons (Fsp3) is 0.571. The van der Waals surface area contributed by atoms with Gasteiger partial charge in [0.2, 0.25) is 10.0 Å². The third-order valence-electron chi connectivity index (χ3n) is 3.11. The molecule has 0 fully saturated rings. The lowest BCUT2D eigenvalue weighted by molar-refractivity contribution is 0.291. The minimum Gasteiger partial charge on any atom is -0.330 e. The summed E-state index contributed by atoms with van der Waals surface area (Å²) in [6.07, 6.45) is 0. The summed E-state index contributed by atoms with van der Waals surface area (Å²) in [6, 6.07) is 7.58. The van der Waals surface area contributed by atoms with E-state index in [9.17, 15) is 8.42 Å². The molecule has 0 unspecified atom stereocenters. The molecule has 0 bridgehead atoms. The average Bonchev–Trinajstić information content (AvgIpc) is 2.27. The van der Waals surface area contributed by atoms with Crippen molar-refractivity contribution in [3.8, 4) is 0 Å². The lowest BCUT2D eigenvalue weighted by Crippen LogP contribution is -2.40. The number of rotatable bonds is 6. The molecule has 0 radical (unpaired) electrons. The Hall–Kier alpha value is -0.620. The standard InChI is InChI=1S/C14H24N2O2S.ClH/c1-12-6-5-7-13(8-12)9-19(17,18)16(4)11-14(2,3)10-15;/h5-8H,9-11,15H2,1-4H3;1H. The monoisotopic (exact) mass is 320 g/mol. The maximum absolute atomic E-state index is 12.3. The van der Waals surface area contributed by atoms with Crippen molar-refractivity contribution in [3.63, 3.8) is 0 Å². The molecule has 2 N–H and O–H groups in total. The Labute approximate surface area is 128 Å². The Kier molecular flexibility index (Phi) is 7.18. The van der Waals surface area contributed by atoms with Crippen LogP contribution in [-0.4, -0.2) is 32.9 Å². The Balaban J connectivity index is 0.00000361. The van der Waals surface area contributed by atoms with Crippen molar-refractivity contribution in [1.29, 1.82) is 0 Å². The van der Waals surface area contributed by atoms with Gasteiger partial charge in [-0.3, -0.25) is 0 Å². The van der Waals surface area contributed by atoms with E-state index in [1.165, 1.54) is 4.31 Å². The summed E-state index contributed by atoms with van der Waals surface area (Å²) in [4.78, 5) is 0. The third-order valence-corrected chi connectivity index (χ3v) is 4.89. The molecule has 0 amide bonds. The first-order valence-corrected chi connectivity index (χ1v) is 7.97. The van der Waals surface area contributed by atoms with E-state index in [0.29, 0.717) is 13.1 Å². The minimum atomic E-state index is -3.30. The normalized spacial score (nSPS) is 12.3. The molecule has 1 rings (SSSR count). The number of aryl methyl sites for hydroxylation is 1. The zero-order valence-electron chi connectivity index (χ0n) is 12.6. The first-order chi connectivity index (χ1) is 8.66. The smallest absolute Gasteiger partial charge is 0.218 e. The average molecular weight is 321 g/mol. The summed E-state index contributed by atoms with van der Waals surface area (Å²) < 4.78 is 26.0. The van der Waals surface area contributed by atoms with Crippen LogP contribution < -0.4 is 5.73 Å². The highest BCUT2D eigenvalue weighted by Crippen LogP contribution is 2.18. The van der Waals surface area contributed by atoms with Crippen LogP contribution in [0.5, 0.6) is 0 Å². The minimum absolute atomic E-state index is 0. The zero-order valence-corrected chi connectivity index (χ0v) is 14.2. The topological polar surface area (TPSA) is 63.4 Å². The van der Waals surface area contributed by atoms with Crippen molar-refractivity contribution < 1.29 is 8.42 Å². The zero-order chi connectivity index (χ0) is 14.7. The summed E-state index contributed by atoms with van der Waals surface area (Å²) in [7, 11) is -1.68. The molecule has 0 aromatic heterocycles. The molecule has 1 aromatic rings. The highest BCUT2D eigenvalue weighted by molar-refractivity contribution is 7.88. The predicted molar refractivity (Wildman–Crippen MR) is 86.5 cm³/mol. The van der Waals surface area contributed by atoms with Gasteiger partial charge in [0.1, 0.15) is 0 Å². The van der Waals surface area contributed by atoms with E-state index in [1.807, 2.05) is 45.0 Å². The second kappa shape index (κ2) is 7.41. The van der Waals surface area contributed by atoms with E-state index in [2.05, 4.69) is 0 Å². The van der Waals surface area contributed by atoms with Gasteiger partial charge in [0.25, 0.3) is 0 Å². The van der Waals surface area contributed by atoms with Crippen LogP contribution in [0.25, 0.3) is 0 Å². The van der Waals surface area contributed by atoms with E-state index in [1.54, 1.807) is 7.05 Å². The molecule has 6 heteroatoms. The molecule has 0 saturated heterocycles. The Morgan fingerprint density at radius 2 is 1.90 bits per heavy atom. The largest absolute Gasteiger partial charge is 0.330 e. The molecular weight excluding hydrogens is 296 g/mol. The van der Waals surface area contributed by atoms with E-state index in [0.717, 1.165) is 11.1 Å². The second-order valence-corrected chi connectivity index (χ2v) is 7.95. The number of sulfonamides is 1. The van der Waals surface area contributed by atoms with Gasteiger partial charge in [0, 0.05) is 13.6 Å².